The fourth-order valence-electron chi connectivity index (χ4n) is 2.57. The van der Waals surface area contributed by atoms with Gasteiger partial charge in [0.25, 0.3) is 0 Å². The molecule has 158 valence electrons. The van der Waals surface area contributed by atoms with Gasteiger partial charge in [-0.25, -0.2) is 0 Å². The molecule has 11 heteroatoms. The Kier molecular flexibility index (Phi) is 6.50. The number of carbonyl (C=O) groups excluding carboxylic acids is 1. The number of amides is 1. The zero-order valence-corrected chi connectivity index (χ0v) is 16.6. The first-order chi connectivity index (χ1) is 14.3. The van der Waals surface area contributed by atoms with Crippen LogP contribution in [0.2, 0.25) is 0 Å². The lowest BCUT2D eigenvalue weighted by atomic mass is 10.2. The van der Waals surface area contributed by atoms with E-state index in [1.165, 1.54) is 23.9 Å². The summed E-state index contributed by atoms with van der Waals surface area (Å²) < 4.78 is 47.5. The van der Waals surface area contributed by atoms with Gasteiger partial charge >= 0.3 is 6.36 Å². The predicted octanol–water partition coefficient (Wildman–Crippen LogP) is 4.66. The summed E-state index contributed by atoms with van der Waals surface area (Å²) in [6.07, 6.45) is -1.52. The van der Waals surface area contributed by atoms with E-state index in [1.807, 2.05) is 11.5 Å². The van der Waals surface area contributed by atoms with E-state index in [4.69, 9.17) is 4.42 Å². The number of rotatable bonds is 8. The Morgan fingerprint density at radius 2 is 2.03 bits per heavy atom. The van der Waals surface area contributed by atoms with Crippen molar-refractivity contribution in [1.82, 2.24) is 14.8 Å². The summed E-state index contributed by atoms with van der Waals surface area (Å²) in [5.74, 6) is 0.609. The molecule has 2 aromatic heterocycles. The second-order valence-corrected chi connectivity index (χ2v) is 6.95. The van der Waals surface area contributed by atoms with E-state index >= 15 is 0 Å². The number of hydrogen-bond donors (Lipinski definition) is 1. The number of carbonyl (C=O) groups is 1. The molecule has 0 unspecified atom stereocenters. The smallest absolute Gasteiger partial charge is 0.469 e. The number of allylic oxidation sites excluding steroid dienone is 1. The first-order valence-electron chi connectivity index (χ1n) is 8.64. The molecule has 0 spiro atoms. The maximum absolute atomic E-state index is 12.2. The van der Waals surface area contributed by atoms with Crippen molar-refractivity contribution in [3.63, 3.8) is 0 Å². The van der Waals surface area contributed by atoms with Gasteiger partial charge in [0.05, 0.1) is 17.6 Å². The topological polar surface area (TPSA) is 82.2 Å². The van der Waals surface area contributed by atoms with Gasteiger partial charge in [0.15, 0.2) is 11.0 Å². The highest BCUT2D eigenvalue weighted by molar-refractivity contribution is 7.99. The van der Waals surface area contributed by atoms with Crippen LogP contribution in [0, 0.1) is 6.92 Å². The molecule has 7 nitrogen and oxygen atoms in total. The summed E-state index contributed by atoms with van der Waals surface area (Å²) in [6.45, 7) is 5.99. The number of hydrogen-bond acceptors (Lipinski definition) is 6. The van der Waals surface area contributed by atoms with Gasteiger partial charge in [-0.1, -0.05) is 17.8 Å². The zero-order chi connectivity index (χ0) is 21.7. The lowest BCUT2D eigenvalue weighted by Crippen LogP contribution is -2.17. The van der Waals surface area contributed by atoms with E-state index in [0.717, 1.165) is 17.7 Å². The van der Waals surface area contributed by atoms with Crippen LogP contribution >= 0.6 is 11.8 Å². The third-order valence-electron chi connectivity index (χ3n) is 3.83. The number of anilines is 1. The summed E-state index contributed by atoms with van der Waals surface area (Å²) in [5.41, 5.74) is 1.14. The van der Waals surface area contributed by atoms with Crippen LogP contribution in [0.25, 0.3) is 11.4 Å². The Labute approximate surface area is 173 Å². The van der Waals surface area contributed by atoms with Crippen molar-refractivity contribution in [3.8, 4) is 17.1 Å². The van der Waals surface area contributed by atoms with Crippen molar-refractivity contribution in [3.05, 3.63) is 55.0 Å². The van der Waals surface area contributed by atoms with Crippen LogP contribution in [0.15, 0.2) is 58.8 Å². The molecular weight excluding hydrogens is 421 g/mol. The van der Waals surface area contributed by atoms with E-state index in [9.17, 15) is 18.0 Å². The van der Waals surface area contributed by atoms with E-state index in [2.05, 4.69) is 26.8 Å². The Balaban J connectivity index is 1.63. The molecule has 30 heavy (non-hydrogen) atoms. The van der Waals surface area contributed by atoms with Crippen molar-refractivity contribution in [2.24, 2.45) is 0 Å². The molecule has 1 aromatic carbocycles. The lowest BCUT2D eigenvalue weighted by Gasteiger charge is -2.10. The summed E-state index contributed by atoms with van der Waals surface area (Å²) in [7, 11) is 0. The summed E-state index contributed by atoms with van der Waals surface area (Å²) in [5, 5.41) is 11.5. The molecule has 0 aliphatic rings. The van der Waals surface area contributed by atoms with Gasteiger partial charge in [-0.15, -0.1) is 29.9 Å². The molecule has 0 atom stereocenters. The first-order valence-corrected chi connectivity index (χ1v) is 9.62. The minimum atomic E-state index is -4.77. The van der Waals surface area contributed by atoms with Gasteiger partial charge < -0.3 is 14.5 Å². The summed E-state index contributed by atoms with van der Waals surface area (Å²) >= 11 is 1.17. The minimum Gasteiger partial charge on any atom is -0.469 e. The van der Waals surface area contributed by atoms with Crippen molar-refractivity contribution in [1.29, 1.82) is 0 Å². The molecule has 0 saturated heterocycles. The van der Waals surface area contributed by atoms with Gasteiger partial charge in [-0.05, 0) is 37.3 Å². The van der Waals surface area contributed by atoms with Crippen LogP contribution in [0.3, 0.4) is 0 Å². The lowest BCUT2D eigenvalue weighted by molar-refractivity contribution is -0.274. The fraction of sp³-hybridized carbons (Fsp3) is 0.211. The molecule has 2 heterocycles. The number of nitrogens with one attached hydrogen (secondary N) is 1. The molecule has 1 N–H and O–H groups in total. The Morgan fingerprint density at radius 1 is 1.30 bits per heavy atom. The van der Waals surface area contributed by atoms with Crippen molar-refractivity contribution in [2.75, 3.05) is 11.1 Å². The summed E-state index contributed by atoms with van der Waals surface area (Å²) in [4.78, 5) is 12.2. The third-order valence-corrected chi connectivity index (χ3v) is 4.80. The average molecular weight is 438 g/mol. The number of aromatic nitrogens is 3. The molecule has 3 aromatic rings. The zero-order valence-electron chi connectivity index (χ0n) is 15.8. The van der Waals surface area contributed by atoms with E-state index < -0.39 is 6.36 Å². The van der Waals surface area contributed by atoms with Crippen LogP contribution in [0.4, 0.5) is 18.9 Å². The van der Waals surface area contributed by atoms with Crippen LogP contribution in [0.1, 0.15) is 5.76 Å². The standard InChI is InChI=1S/C19H17F3N4O3S/c1-3-9-26-17(15-8-10-28-12(15)2)24-25-18(26)30-11-16(27)23-13-4-6-14(7-5-13)29-19(20,21)22/h3-8,10H,1,9,11H2,2H3,(H,23,27). The number of benzene rings is 1. The molecule has 0 bridgehead atoms. The third kappa shape index (κ3) is 5.44. The maximum Gasteiger partial charge on any atom is 0.573 e. The number of halogens is 3. The molecule has 0 saturated carbocycles. The first kappa shape index (κ1) is 21.5. The second kappa shape index (κ2) is 9.08. The van der Waals surface area contributed by atoms with Crippen molar-refractivity contribution in [2.45, 2.75) is 25.0 Å². The molecule has 0 aliphatic carbocycles. The normalized spacial score (nSPS) is 11.3. The molecule has 0 aliphatic heterocycles. The van der Waals surface area contributed by atoms with Gasteiger partial charge in [0.2, 0.25) is 5.91 Å². The van der Waals surface area contributed by atoms with Gasteiger partial charge in [-0.2, -0.15) is 0 Å². The number of furan rings is 1. The largest absolute Gasteiger partial charge is 0.573 e. The SMILES string of the molecule is C=CCn1c(SCC(=O)Nc2ccc(OC(F)(F)F)cc2)nnc1-c1ccoc1C. The minimum absolute atomic E-state index is 0.0282. The van der Waals surface area contributed by atoms with E-state index in [1.54, 1.807) is 18.4 Å². The fourth-order valence-corrected chi connectivity index (χ4v) is 3.32. The van der Waals surface area contributed by atoms with Crippen LogP contribution < -0.4 is 10.1 Å². The van der Waals surface area contributed by atoms with Gasteiger partial charge in [-0.3, -0.25) is 9.36 Å². The quantitative estimate of drug-likeness (QED) is 0.407. The van der Waals surface area contributed by atoms with Gasteiger partial charge in [0.1, 0.15) is 11.5 Å². The number of aryl methyl sites for hydroxylation is 1. The van der Waals surface area contributed by atoms with Crippen LogP contribution in [-0.2, 0) is 11.3 Å². The van der Waals surface area contributed by atoms with Crippen molar-refractivity contribution >= 4 is 23.4 Å². The number of alkyl halides is 3. The Hall–Kier alpha value is -3.21. The van der Waals surface area contributed by atoms with E-state index in [-0.39, 0.29) is 17.4 Å². The molecule has 0 fully saturated rings. The average Bonchev–Trinajstić information content (AvgIpc) is 3.26. The monoisotopic (exact) mass is 438 g/mol. The number of thioether (sulfide) groups is 1. The maximum atomic E-state index is 12.2. The van der Waals surface area contributed by atoms with Crippen LogP contribution in [0.5, 0.6) is 5.75 Å². The highest BCUT2D eigenvalue weighted by Crippen LogP contribution is 2.27. The van der Waals surface area contributed by atoms with Gasteiger partial charge in [0, 0.05) is 12.2 Å². The molecular formula is C19H17F3N4O3S. The highest BCUT2D eigenvalue weighted by atomic mass is 32.2. The summed E-state index contributed by atoms with van der Waals surface area (Å²) in [6, 6.07) is 6.67. The van der Waals surface area contributed by atoms with Crippen LogP contribution in [-0.4, -0.2) is 32.8 Å². The second-order valence-electron chi connectivity index (χ2n) is 6.00. The predicted molar refractivity (Wildman–Crippen MR) is 105 cm³/mol. The highest BCUT2D eigenvalue weighted by Gasteiger charge is 2.31. The van der Waals surface area contributed by atoms with Crippen molar-refractivity contribution < 1.29 is 27.1 Å². The molecule has 0 radical (unpaired) electrons. The van der Waals surface area contributed by atoms with E-state index in [0.29, 0.717) is 29.0 Å². The Morgan fingerprint density at radius 3 is 2.63 bits per heavy atom. The molecule has 1 amide bonds. The number of nitrogens with zero attached hydrogens (tertiary/aromatic N) is 3. The Bertz CT molecular complexity index is 1030. The number of ether oxygens (including phenoxy) is 1. The molecule has 3 rings (SSSR count).